The molecule has 0 aliphatic carbocycles. The monoisotopic (exact) mass is 357 g/mol. The quantitative estimate of drug-likeness (QED) is 0.829. The lowest BCUT2D eigenvalue weighted by atomic mass is 10.00. The Morgan fingerprint density at radius 2 is 1.96 bits per heavy atom. The molecule has 2 aromatic rings. The summed E-state index contributed by atoms with van der Waals surface area (Å²) >= 11 is 5.86. The highest BCUT2D eigenvalue weighted by atomic mass is 35.5. The summed E-state index contributed by atoms with van der Waals surface area (Å²) in [6, 6.07) is 14.3. The number of hydrogen-bond donors (Lipinski definition) is 0. The molecule has 4 rings (SSSR count). The molecule has 1 amide bonds. The van der Waals surface area contributed by atoms with Crippen LogP contribution in [0.15, 0.2) is 48.7 Å². The first-order chi connectivity index (χ1) is 12.2. The predicted molar refractivity (Wildman–Crippen MR) is 95.6 cm³/mol. The molecule has 0 spiro atoms. The number of rotatable bonds is 2. The van der Waals surface area contributed by atoms with Crippen LogP contribution in [0.3, 0.4) is 0 Å². The largest absolute Gasteiger partial charge is 0.378 e. The van der Waals surface area contributed by atoms with Gasteiger partial charge in [-0.15, -0.1) is 0 Å². The first-order valence-corrected chi connectivity index (χ1v) is 8.89. The molecule has 2 aliphatic rings. The fourth-order valence-electron chi connectivity index (χ4n) is 3.65. The first-order valence-electron chi connectivity index (χ1n) is 8.51. The molecule has 0 N–H and O–H groups in total. The number of piperazine rings is 1. The first kappa shape index (κ1) is 16.5. The molecule has 25 heavy (non-hydrogen) atoms. The van der Waals surface area contributed by atoms with Crippen LogP contribution in [-0.4, -0.2) is 59.6 Å². The van der Waals surface area contributed by atoms with E-state index in [0.29, 0.717) is 37.0 Å². The maximum Gasteiger partial charge on any atom is 0.272 e. The standard InChI is InChI=1S/C19H20ClN3O2/c20-15-6-7-17(21-10-15)19(24)22-8-9-23-16(11-22)12-25-13-18(23)14-4-2-1-3-5-14/h1-7,10,16,18H,8-9,11-13H2/t16-,18-/m1/s1. The van der Waals surface area contributed by atoms with Crippen molar-refractivity contribution in [2.24, 2.45) is 0 Å². The zero-order chi connectivity index (χ0) is 17.2. The average Bonchev–Trinajstić information content (AvgIpc) is 2.68. The van der Waals surface area contributed by atoms with Crippen molar-refractivity contribution in [1.82, 2.24) is 14.8 Å². The van der Waals surface area contributed by atoms with E-state index in [1.165, 1.54) is 11.8 Å². The maximum atomic E-state index is 12.7. The van der Waals surface area contributed by atoms with Gasteiger partial charge in [-0.25, -0.2) is 4.98 Å². The zero-order valence-electron chi connectivity index (χ0n) is 13.8. The van der Waals surface area contributed by atoms with Crippen LogP contribution < -0.4 is 0 Å². The Hall–Kier alpha value is -1.95. The minimum atomic E-state index is -0.0434. The summed E-state index contributed by atoms with van der Waals surface area (Å²) in [7, 11) is 0. The lowest BCUT2D eigenvalue weighted by Crippen LogP contribution is -2.60. The van der Waals surface area contributed by atoms with E-state index in [4.69, 9.17) is 16.3 Å². The molecule has 3 heterocycles. The van der Waals surface area contributed by atoms with Gasteiger partial charge in [0.1, 0.15) is 5.69 Å². The Kier molecular flexibility index (Phi) is 4.70. The minimum Gasteiger partial charge on any atom is -0.378 e. The summed E-state index contributed by atoms with van der Waals surface area (Å²) in [5.74, 6) is -0.0434. The highest BCUT2D eigenvalue weighted by Gasteiger charge is 2.37. The summed E-state index contributed by atoms with van der Waals surface area (Å²) < 4.78 is 5.84. The van der Waals surface area contributed by atoms with Crippen LogP contribution in [0.1, 0.15) is 22.1 Å². The summed E-state index contributed by atoms with van der Waals surface area (Å²) in [6.45, 7) is 3.55. The molecule has 0 unspecified atom stereocenters. The van der Waals surface area contributed by atoms with Crippen LogP contribution in [0.5, 0.6) is 0 Å². The van der Waals surface area contributed by atoms with Gasteiger partial charge < -0.3 is 9.64 Å². The number of morpholine rings is 1. The van der Waals surface area contributed by atoms with Crippen LogP contribution in [-0.2, 0) is 4.74 Å². The number of carbonyl (C=O) groups excluding carboxylic acids is 1. The van der Waals surface area contributed by atoms with Gasteiger partial charge in [-0.2, -0.15) is 0 Å². The fraction of sp³-hybridized carbons (Fsp3) is 0.368. The maximum absolute atomic E-state index is 12.7. The van der Waals surface area contributed by atoms with Gasteiger partial charge in [0, 0.05) is 25.8 Å². The lowest BCUT2D eigenvalue weighted by Gasteiger charge is -2.48. The van der Waals surface area contributed by atoms with Crippen molar-refractivity contribution in [3.63, 3.8) is 0 Å². The number of nitrogens with zero attached hydrogens (tertiary/aromatic N) is 3. The molecular formula is C19H20ClN3O2. The molecule has 130 valence electrons. The number of pyridine rings is 1. The van der Waals surface area contributed by atoms with Crippen LogP contribution in [0, 0.1) is 0 Å². The molecule has 2 saturated heterocycles. The highest BCUT2D eigenvalue weighted by molar-refractivity contribution is 6.30. The van der Waals surface area contributed by atoms with Gasteiger partial charge in [0.15, 0.2) is 0 Å². The number of ether oxygens (including phenoxy) is 1. The van der Waals surface area contributed by atoms with Crippen molar-refractivity contribution in [2.75, 3.05) is 32.8 Å². The summed E-state index contributed by atoms with van der Waals surface area (Å²) in [6.07, 6.45) is 1.51. The zero-order valence-corrected chi connectivity index (χ0v) is 14.6. The Morgan fingerprint density at radius 1 is 1.12 bits per heavy atom. The molecule has 2 aliphatic heterocycles. The number of amides is 1. The van der Waals surface area contributed by atoms with E-state index in [1.54, 1.807) is 12.1 Å². The Balaban J connectivity index is 1.48. The van der Waals surface area contributed by atoms with Gasteiger partial charge in [0.05, 0.1) is 30.3 Å². The van der Waals surface area contributed by atoms with Crippen LogP contribution in [0.4, 0.5) is 0 Å². The van der Waals surface area contributed by atoms with E-state index in [1.807, 2.05) is 11.0 Å². The third-order valence-corrected chi connectivity index (χ3v) is 5.16. The fourth-order valence-corrected chi connectivity index (χ4v) is 3.76. The van der Waals surface area contributed by atoms with Gasteiger partial charge in [0.25, 0.3) is 5.91 Å². The predicted octanol–water partition coefficient (Wildman–Crippen LogP) is 2.63. The summed E-state index contributed by atoms with van der Waals surface area (Å²) in [5, 5.41) is 0.535. The van der Waals surface area contributed by atoms with E-state index >= 15 is 0 Å². The van der Waals surface area contributed by atoms with Crippen molar-refractivity contribution in [2.45, 2.75) is 12.1 Å². The molecule has 0 bridgehead atoms. The number of fused-ring (bicyclic) bond motifs is 1. The number of benzene rings is 1. The second-order valence-corrected chi connectivity index (χ2v) is 6.90. The number of halogens is 1. The Labute approximate surface area is 152 Å². The Bertz CT molecular complexity index is 738. The third-order valence-electron chi connectivity index (χ3n) is 4.93. The second kappa shape index (κ2) is 7.12. The van der Waals surface area contributed by atoms with E-state index in [-0.39, 0.29) is 18.0 Å². The van der Waals surface area contributed by atoms with E-state index in [9.17, 15) is 4.79 Å². The van der Waals surface area contributed by atoms with E-state index in [2.05, 4.69) is 34.1 Å². The summed E-state index contributed by atoms with van der Waals surface area (Å²) in [4.78, 5) is 21.2. The number of hydrogen-bond acceptors (Lipinski definition) is 4. The normalized spacial score (nSPS) is 24.0. The van der Waals surface area contributed by atoms with Gasteiger partial charge in [0.2, 0.25) is 0 Å². The smallest absolute Gasteiger partial charge is 0.272 e. The number of aromatic nitrogens is 1. The molecule has 6 heteroatoms. The van der Waals surface area contributed by atoms with Crippen LogP contribution in [0.2, 0.25) is 5.02 Å². The van der Waals surface area contributed by atoms with Crippen molar-refractivity contribution < 1.29 is 9.53 Å². The molecular weight excluding hydrogens is 338 g/mol. The van der Waals surface area contributed by atoms with Crippen LogP contribution in [0.25, 0.3) is 0 Å². The molecule has 1 aromatic carbocycles. The van der Waals surface area contributed by atoms with Crippen molar-refractivity contribution in [3.8, 4) is 0 Å². The molecule has 1 aromatic heterocycles. The topological polar surface area (TPSA) is 45.7 Å². The average molecular weight is 358 g/mol. The lowest BCUT2D eigenvalue weighted by molar-refractivity contribution is -0.0770. The highest BCUT2D eigenvalue weighted by Crippen LogP contribution is 2.29. The van der Waals surface area contributed by atoms with Crippen molar-refractivity contribution in [3.05, 3.63) is 64.9 Å². The third kappa shape index (κ3) is 3.40. The van der Waals surface area contributed by atoms with Crippen LogP contribution >= 0.6 is 11.6 Å². The van der Waals surface area contributed by atoms with E-state index in [0.717, 1.165) is 6.54 Å². The van der Waals surface area contributed by atoms with Crippen molar-refractivity contribution in [1.29, 1.82) is 0 Å². The van der Waals surface area contributed by atoms with E-state index < -0.39 is 0 Å². The van der Waals surface area contributed by atoms with Gasteiger partial charge in [-0.3, -0.25) is 9.69 Å². The SMILES string of the molecule is O=C(c1ccc(Cl)cn1)N1CCN2[C@@H](COC[C@@H]2c2ccccc2)C1. The Morgan fingerprint density at radius 3 is 2.72 bits per heavy atom. The van der Waals surface area contributed by atoms with Gasteiger partial charge >= 0.3 is 0 Å². The van der Waals surface area contributed by atoms with Crippen molar-refractivity contribution >= 4 is 17.5 Å². The minimum absolute atomic E-state index is 0.0434. The summed E-state index contributed by atoms with van der Waals surface area (Å²) in [5.41, 5.74) is 1.71. The number of carbonyl (C=O) groups is 1. The second-order valence-electron chi connectivity index (χ2n) is 6.47. The molecule has 0 radical (unpaired) electrons. The van der Waals surface area contributed by atoms with Gasteiger partial charge in [-0.1, -0.05) is 41.9 Å². The molecule has 2 fully saturated rings. The molecule has 5 nitrogen and oxygen atoms in total. The molecule has 0 saturated carbocycles. The van der Waals surface area contributed by atoms with Gasteiger partial charge in [-0.05, 0) is 17.7 Å². The molecule has 2 atom stereocenters.